The van der Waals surface area contributed by atoms with E-state index in [0.717, 1.165) is 22.3 Å². The number of hydrogen-bond donors (Lipinski definition) is 3. The minimum absolute atomic E-state index is 0.0887. The number of benzene rings is 2. The number of hydrogen-bond acceptors (Lipinski definition) is 6. The van der Waals surface area contributed by atoms with E-state index in [0.29, 0.717) is 18.1 Å². The van der Waals surface area contributed by atoms with Crippen LogP contribution in [0.25, 0.3) is 22.3 Å². The summed E-state index contributed by atoms with van der Waals surface area (Å²) < 4.78 is 22.1. The highest BCUT2D eigenvalue weighted by atomic mass is 32.2. The monoisotopic (exact) mass is 410 g/mol. The number of amides is 1. The summed E-state index contributed by atoms with van der Waals surface area (Å²) in [5.41, 5.74) is 10.1. The van der Waals surface area contributed by atoms with Gasteiger partial charge in [0.1, 0.15) is 5.82 Å². The SMILES string of the molecule is CN(C)CC(=O)Nc1ccc(-c2cc(-c3ccc([SH](=O)=O)cc3)cnc2N)cc1. The maximum Gasteiger partial charge on any atom is 0.238 e. The second-order valence-electron chi connectivity index (χ2n) is 6.82. The van der Waals surface area contributed by atoms with Crippen molar-refractivity contribution in [2.24, 2.45) is 0 Å². The summed E-state index contributed by atoms with van der Waals surface area (Å²) in [6.45, 7) is 0.306. The molecule has 8 heteroatoms. The number of thiol groups is 1. The molecule has 0 atom stereocenters. The molecule has 29 heavy (non-hydrogen) atoms. The lowest BCUT2D eigenvalue weighted by atomic mass is 10.0. The molecule has 0 bridgehead atoms. The lowest BCUT2D eigenvalue weighted by molar-refractivity contribution is -0.116. The molecule has 1 heterocycles. The third-order valence-corrected chi connectivity index (χ3v) is 4.99. The first-order valence-corrected chi connectivity index (χ1v) is 10.1. The van der Waals surface area contributed by atoms with Gasteiger partial charge in [0.05, 0.1) is 11.4 Å². The van der Waals surface area contributed by atoms with Crippen molar-refractivity contribution in [3.05, 3.63) is 60.8 Å². The predicted molar refractivity (Wildman–Crippen MR) is 115 cm³/mol. The van der Waals surface area contributed by atoms with Crippen LogP contribution in [0.5, 0.6) is 0 Å². The van der Waals surface area contributed by atoms with Crippen LogP contribution in [-0.4, -0.2) is 44.8 Å². The zero-order valence-electron chi connectivity index (χ0n) is 16.1. The molecule has 0 fully saturated rings. The van der Waals surface area contributed by atoms with Gasteiger partial charge in [-0.15, -0.1) is 0 Å². The normalized spacial score (nSPS) is 11.0. The molecule has 0 aliphatic carbocycles. The molecule has 3 N–H and O–H groups in total. The Morgan fingerprint density at radius 3 is 2.21 bits per heavy atom. The Labute approximate surface area is 171 Å². The summed E-state index contributed by atoms with van der Waals surface area (Å²) in [6, 6.07) is 15.9. The molecule has 1 aromatic heterocycles. The molecule has 150 valence electrons. The predicted octanol–water partition coefficient (Wildman–Crippen LogP) is 2.47. The summed E-state index contributed by atoms with van der Waals surface area (Å²) in [5, 5.41) is 2.84. The fourth-order valence-electron chi connectivity index (χ4n) is 2.86. The smallest absolute Gasteiger partial charge is 0.238 e. The first-order chi connectivity index (χ1) is 13.8. The van der Waals surface area contributed by atoms with E-state index in [1.54, 1.807) is 35.4 Å². The van der Waals surface area contributed by atoms with E-state index in [9.17, 15) is 13.2 Å². The fraction of sp³-hybridized carbons (Fsp3) is 0.143. The van der Waals surface area contributed by atoms with Gasteiger partial charge < -0.3 is 16.0 Å². The maximum atomic E-state index is 11.9. The van der Waals surface area contributed by atoms with E-state index in [4.69, 9.17) is 5.73 Å². The van der Waals surface area contributed by atoms with Crippen molar-refractivity contribution in [3.63, 3.8) is 0 Å². The van der Waals surface area contributed by atoms with Crippen LogP contribution in [0.15, 0.2) is 65.7 Å². The number of aromatic nitrogens is 1. The zero-order valence-corrected chi connectivity index (χ0v) is 17.0. The number of nitrogens with zero attached hydrogens (tertiary/aromatic N) is 2. The number of nitrogen functional groups attached to an aromatic ring is 1. The highest BCUT2D eigenvalue weighted by Crippen LogP contribution is 2.30. The standard InChI is InChI=1S/C21H22N4O3S/c1-25(2)13-20(26)24-17-7-3-15(4-8-17)19-11-16(12-23-21(19)22)14-5-9-18(10-6-14)29(27)28/h3-12,29H,13H2,1-2H3,(H2,22,23)(H,24,26). The van der Waals surface area contributed by atoms with Gasteiger partial charge in [-0.05, 0) is 55.6 Å². The second kappa shape index (κ2) is 8.85. The number of nitrogens with one attached hydrogen (secondary N) is 1. The third-order valence-electron chi connectivity index (χ3n) is 4.27. The molecule has 2 aromatic carbocycles. The largest absolute Gasteiger partial charge is 0.383 e. The molecular formula is C21H22N4O3S. The molecule has 0 saturated heterocycles. The molecule has 1 amide bonds. The highest BCUT2D eigenvalue weighted by molar-refractivity contribution is 7.72. The highest BCUT2D eigenvalue weighted by Gasteiger charge is 2.09. The quantitative estimate of drug-likeness (QED) is 0.539. The Hall–Kier alpha value is -3.23. The number of likely N-dealkylation sites (N-methyl/N-ethyl adjacent to an activating group) is 1. The number of nitrogens with two attached hydrogens (primary N) is 1. The maximum absolute atomic E-state index is 11.9. The van der Waals surface area contributed by atoms with Crippen LogP contribution < -0.4 is 11.1 Å². The number of pyridine rings is 1. The van der Waals surface area contributed by atoms with Crippen molar-refractivity contribution in [1.29, 1.82) is 0 Å². The minimum atomic E-state index is -2.61. The van der Waals surface area contributed by atoms with Gasteiger partial charge in [0.2, 0.25) is 5.91 Å². The average Bonchev–Trinajstić information content (AvgIpc) is 2.68. The molecule has 0 radical (unpaired) electrons. The Morgan fingerprint density at radius 2 is 1.62 bits per heavy atom. The lowest BCUT2D eigenvalue weighted by Gasteiger charge is -2.12. The topological polar surface area (TPSA) is 105 Å². The Morgan fingerprint density at radius 1 is 1.00 bits per heavy atom. The first-order valence-electron chi connectivity index (χ1n) is 8.89. The van der Waals surface area contributed by atoms with Gasteiger partial charge in [-0.25, -0.2) is 13.4 Å². The molecule has 3 rings (SSSR count). The van der Waals surface area contributed by atoms with Gasteiger partial charge in [0, 0.05) is 23.0 Å². The summed E-state index contributed by atoms with van der Waals surface area (Å²) in [7, 11) is 1.06. The van der Waals surface area contributed by atoms with E-state index < -0.39 is 10.7 Å². The van der Waals surface area contributed by atoms with Crippen molar-refractivity contribution in [1.82, 2.24) is 9.88 Å². The van der Waals surface area contributed by atoms with Gasteiger partial charge in [-0.2, -0.15) is 0 Å². The van der Waals surface area contributed by atoms with E-state index in [1.165, 1.54) is 0 Å². The minimum Gasteiger partial charge on any atom is -0.383 e. The van der Waals surface area contributed by atoms with Gasteiger partial charge in [-0.1, -0.05) is 24.3 Å². The second-order valence-corrected chi connectivity index (χ2v) is 7.85. The Kier molecular flexibility index (Phi) is 6.26. The number of rotatable bonds is 6. The number of anilines is 2. The summed E-state index contributed by atoms with van der Waals surface area (Å²) in [5.74, 6) is 0.298. The molecule has 0 unspecified atom stereocenters. The summed E-state index contributed by atoms with van der Waals surface area (Å²) in [4.78, 5) is 18.2. The van der Waals surface area contributed by atoms with Crippen LogP contribution in [0.2, 0.25) is 0 Å². The van der Waals surface area contributed by atoms with Gasteiger partial charge in [0.15, 0.2) is 10.7 Å². The van der Waals surface area contributed by atoms with Crippen LogP contribution in [0, 0.1) is 0 Å². The summed E-state index contributed by atoms with van der Waals surface area (Å²) in [6.07, 6.45) is 1.65. The van der Waals surface area contributed by atoms with Crippen LogP contribution in [0.4, 0.5) is 11.5 Å². The zero-order chi connectivity index (χ0) is 21.0. The van der Waals surface area contributed by atoms with Crippen LogP contribution in [0.3, 0.4) is 0 Å². The van der Waals surface area contributed by atoms with E-state index in [-0.39, 0.29) is 10.8 Å². The Bertz CT molecular complexity index is 1080. The first kappa shape index (κ1) is 20.5. The third kappa shape index (κ3) is 5.18. The molecule has 3 aromatic rings. The molecule has 0 aliphatic heterocycles. The van der Waals surface area contributed by atoms with Gasteiger partial charge in [-0.3, -0.25) is 4.79 Å². The van der Waals surface area contributed by atoms with Crippen LogP contribution in [0.1, 0.15) is 0 Å². The average molecular weight is 410 g/mol. The van der Waals surface area contributed by atoms with Crippen LogP contribution >= 0.6 is 0 Å². The Balaban J connectivity index is 1.85. The van der Waals surface area contributed by atoms with Crippen molar-refractivity contribution in [2.75, 3.05) is 31.7 Å². The van der Waals surface area contributed by atoms with E-state index in [2.05, 4.69) is 10.3 Å². The van der Waals surface area contributed by atoms with Crippen molar-refractivity contribution in [2.45, 2.75) is 4.90 Å². The number of carbonyl (C=O) groups excluding carboxylic acids is 1. The fourth-order valence-corrected chi connectivity index (χ4v) is 3.25. The molecule has 0 saturated carbocycles. The van der Waals surface area contributed by atoms with E-state index >= 15 is 0 Å². The summed E-state index contributed by atoms with van der Waals surface area (Å²) >= 11 is 0. The van der Waals surface area contributed by atoms with Crippen LogP contribution in [-0.2, 0) is 15.5 Å². The van der Waals surface area contributed by atoms with E-state index in [1.807, 2.05) is 44.4 Å². The van der Waals surface area contributed by atoms with Crippen molar-refractivity contribution in [3.8, 4) is 22.3 Å². The molecule has 0 spiro atoms. The van der Waals surface area contributed by atoms with Gasteiger partial charge in [0.25, 0.3) is 0 Å². The molecule has 7 nitrogen and oxygen atoms in total. The number of carbonyl (C=O) groups is 1. The lowest BCUT2D eigenvalue weighted by Crippen LogP contribution is -2.27. The molecular weight excluding hydrogens is 388 g/mol. The van der Waals surface area contributed by atoms with Gasteiger partial charge >= 0.3 is 0 Å². The molecule has 0 aliphatic rings. The van der Waals surface area contributed by atoms with Crippen molar-refractivity contribution >= 4 is 28.1 Å². The van der Waals surface area contributed by atoms with Crippen molar-refractivity contribution < 1.29 is 13.2 Å².